The fourth-order valence-corrected chi connectivity index (χ4v) is 2.42. The van der Waals surface area contributed by atoms with Crippen LogP contribution in [-0.4, -0.2) is 29.1 Å². The summed E-state index contributed by atoms with van der Waals surface area (Å²) in [5.74, 6) is -0.970. The molecule has 0 bridgehead atoms. The lowest BCUT2D eigenvalue weighted by atomic mass is 9.96. The number of rotatable bonds is 7. The molecular formula is C17H26N2O3. The van der Waals surface area contributed by atoms with Crippen molar-refractivity contribution >= 4 is 11.8 Å². The van der Waals surface area contributed by atoms with Crippen molar-refractivity contribution < 1.29 is 14.7 Å². The molecular weight excluding hydrogens is 280 g/mol. The van der Waals surface area contributed by atoms with Gasteiger partial charge in [0.05, 0.1) is 0 Å². The van der Waals surface area contributed by atoms with Crippen LogP contribution in [0.25, 0.3) is 0 Å². The van der Waals surface area contributed by atoms with Crippen LogP contribution in [-0.2, 0) is 16.0 Å². The zero-order valence-electron chi connectivity index (χ0n) is 13.7. The molecule has 1 aromatic carbocycles. The van der Waals surface area contributed by atoms with Gasteiger partial charge in [-0.2, -0.15) is 0 Å². The number of aliphatic hydroxyl groups excluding tert-OH is 1. The second-order valence-electron chi connectivity index (χ2n) is 6.18. The van der Waals surface area contributed by atoms with Crippen LogP contribution >= 0.6 is 0 Å². The number of nitrogens with two attached hydrogens (primary N) is 1. The topological polar surface area (TPSA) is 92.4 Å². The van der Waals surface area contributed by atoms with E-state index >= 15 is 0 Å². The first-order chi connectivity index (χ1) is 10.2. The molecule has 0 aromatic heterocycles. The molecule has 22 heavy (non-hydrogen) atoms. The first-order valence-corrected chi connectivity index (χ1v) is 7.55. The molecule has 0 aliphatic heterocycles. The van der Waals surface area contributed by atoms with Crippen LogP contribution in [0.4, 0.5) is 0 Å². The van der Waals surface area contributed by atoms with Gasteiger partial charge in [0.2, 0.25) is 11.8 Å². The third kappa shape index (κ3) is 5.15. The van der Waals surface area contributed by atoms with E-state index in [4.69, 9.17) is 5.73 Å². The molecule has 0 radical (unpaired) electrons. The van der Waals surface area contributed by atoms with Gasteiger partial charge in [0.1, 0.15) is 12.1 Å². The van der Waals surface area contributed by atoms with Crippen LogP contribution in [0.1, 0.15) is 37.0 Å². The maximum Gasteiger partial charge on any atom is 0.249 e. The Balaban J connectivity index is 2.83. The van der Waals surface area contributed by atoms with E-state index < -0.39 is 24.0 Å². The highest BCUT2D eigenvalue weighted by Crippen LogP contribution is 2.15. The molecule has 0 fully saturated rings. The molecule has 0 saturated carbocycles. The van der Waals surface area contributed by atoms with Gasteiger partial charge in [0.15, 0.2) is 0 Å². The number of aliphatic hydroxyl groups is 1. The van der Waals surface area contributed by atoms with E-state index in [1.165, 1.54) is 0 Å². The van der Waals surface area contributed by atoms with Gasteiger partial charge in [-0.3, -0.25) is 9.59 Å². The lowest BCUT2D eigenvalue weighted by molar-refractivity contribution is -0.133. The van der Waals surface area contributed by atoms with Crippen molar-refractivity contribution in [1.29, 1.82) is 0 Å². The highest BCUT2D eigenvalue weighted by atomic mass is 16.3. The number of nitrogens with one attached hydrogen (secondary N) is 1. The van der Waals surface area contributed by atoms with Gasteiger partial charge >= 0.3 is 0 Å². The van der Waals surface area contributed by atoms with Crippen molar-refractivity contribution in [3.63, 3.8) is 0 Å². The highest BCUT2D eigenvalue weighted by molar-refractivity contribution is 5.88. The van der Waals surface area contributed by atoms with Gasteiger partial charge in [0, 0.05) is 6.42 Å². The van der Waals surface area contributed by atoms with E-state index in [0.29, 0.717) is 12.8 Å². The molecule has 0 unspecified atom stereocenters. The molecule has 0 spiro atoms. The normalized spacial score (nSPS) is 13.7. The Morgan fingerprint density at radius 2 is 1.77 bits per heavy atom. The smallest absolute Gasteiger partial charge is 0.249 e. The minimum absolute atomic E-state index is 0.186. The molecule has 5 nitrogen and oxygen atoms in total. The summed E-state index contributed by atoms with van der Waals surface area (Å²) in [4.78, 5) is 23.6. The van der Waals surface area contributed by atoms with Crippen LogP contribution < -0.4 is 11.1 Å². The Hall–Kier alpha value is -1.88. The molecule has 2 atom stereocenters. The third-order valence-electron chi connectivity index (χ3n) is 3.71. The summed E-state index contributed by atoms with van der Waals surface area (Å²) in [6.07, 6.45) is -0.450. The first-order valence-electron chi connectivity index (χ1n) is 7.55. The van der Waals surface area contributed by atoms with Crippen LogP contribution in [0.3, 0.4) is 0 Å². The van der Waals surface area contributed by atoms with Crippen molar-refractivity contribution in [2.24, 2.45) is 11.7 Å². The Morgan fingerprint density at radius 3 is 2.23 bits per heavy atom. The number of hydrogen-bond acceptors (Lipinski definition) is 3. The minimum atomic E-state index is -1.13. The molecule has 5 heteroatoms. The van der Waals surface area contributed by atoms with Gasteiger partial charge in [-0.05, 0) is 42.9 Å². The molecule has 1 aromatic rings. The molecule has 0 heterocycles. The van der Waals surface area contributed by atoms with Crippen molar-refractivity contribution in [3.05, 3.63) is 34.9 Å². The van der Waals surface area contributed by atoms with Crippen LogP contribution in [0.15, 0.2) is 18.2 Å². The molecule has 122 valence electrons. The summed E-state index contributed by atoms with van der Waals surface area (Å²) in [5.41, 5.74) is 8.48. The van der Waals surface area contributed by atoms with Crippen molar-refractivity contribution in [2.75, 3.05) is 0 Å². The molecule has 4 N–H and O–H groups in total. The number of benzene rings is 1. The Kier molecular flexibility index (Phi) is 6.56. The Bertz CT molecular complexity index is 520. The monoisotopic (exact) mass is 306 g/mol. The standard InChI is InChI=1S/C17H26N2O3/c1-10(2)8-15(20)17(22)19-14(16(18)21)9-13-11(3)6-5-7-12(13)4/h5-7,10,14-15,20H,8-9H2,1-4H3,(H2,18,21)(H,19,22)/t14-,15-/m1/s1. The summed E-state index contributed by atoms with van der Waals surface area (Å²) in [6, 6.07) is 5.03. The maximum atomic E-state index is 12.0. The SMILES string of the molecule is Cc1cccc(C)c1C[C@@H](NC(=O)[C@H](O)CC(C)C)C(N)=O. The van der Waals surface area contributed by atoms with E-state index in [-0.39, 0.29) is 5.92 Å². The number of primary amides is 1. The van der Waals surface area contributed by atoms with Gasteiger partial charge in [-0.1, -0.05) is 32.0 Å². The van der Waals surface area contributed by atoms with Gasteiger partial charge < -0.3 is 16.2 Å². The average molecular weight is 306 g/mol. The lowest BCUT2D eigenvalue weighted by Gasteiger charge is -2.20. The van der Waals surface area contributed by atoms with Crippen molar-refractivity contribution in [3.8, 4) is 0 Å². The highest BCUT2D eigenvalue weighted by Gasteiger charge is 2.24. The van der Waals surface area contributed by atoms with Crippen molar-refractivity contribution in [2.45, 2.75) is 52.7 Å². The zero-order chi connectivity index (χ0) is 16.9. The number of amides is 2. The predicted molar refractivity (Wildman–Crippen MR) is 86.2 cm³/mol. The van der Waals surface area contributed by atoms with E-state index in [9.17, 15) is 14.7 Å². The van der Waals surface area contributed by atoms with Gasteiger partial charge in [0.25, 0.3) is 0 Å². The fraction of sp³-hybridized carbons (Fsp3) is 0.529. The molecule has 0 aliphatic rings. The van der Waals surface area contributed by atoms with Gasteiger partial charge in [-0.25, -0.2) is 0 Å². The largest absolute Gasteiger partial charge is 0.383 e. The second-order valence-corrected chi connectivity index (χ2v) is 6.18. The quantitative estimate of drug-likeness (QED) is 0.707. The summed E-state index contributed by atoms with van der Waals surface area (Å²) in [5, 5.41) is 12.4. The summed E-state index contributed by atoms with van der Waals surface area (Å²) in [7, 11) is 0. The van der Waals surface area contributed by atoms with Crippen LogP contribution in [0.2, 0.25) is 0 Å². The van der Waals surface area contributed by atoms with Crippen molar-refractivity contribution in [1.82, 2.24) is 5.32 Å². The predicted octanol–water partition coefficient (Wildman–Crippen LogP) is 1.22. The summed E-state index contributed by atoms with van der Waals surface area (Å²) in [6.45, 7) is 7.74. The van der Waals surface area contributed by atoms with Crippen LogP contribution in [0.5, 0.6) is 0 Å². The van der Waals surface area contributed by atoms with Crippen LogP contribution in [0, 0.1) is 19.8 Å². The Morgan fingerprint density at radius 1 is 1.23 bits per heavy atom. The maximum absolute atomic E-state index is 12.0. The Labute approximate surface area is 131 Å². The fourth-order valence-electron chi connectivity index (χ4n) is 2.42. The number of hydrogen-bond donors (Lipinski definition) is 3. The number of carbonyl (C=O) groups excluding carboxylic acids is 2. The summed E-state index contributed by atoms with van der Waals surface area (Å²) < 4.78 is 0. The molecule has 1 rings (SSSR count). The van der Waals surface area contributed by atoms with E-state index in [1.807, 2.05) is 45.9 Å². The first kappa shape index (κ1) is 18.2. The average Bonchev–Trinajstić information content (AvgIpc) is 2.40. The lowest BCUT2D eigenvalue weighted by Crippen LogP contribution is -2.49. The molecule has 0 aliphatic carbocycles. The second kappa shape index (κ2) is 7.94. The summed E-state index contributed by atoms with van der Waals surface area (Å²) >= 11 is 0. The zero-order valence-corrected chi connectivity index (χ0v) is 13.7. The van der Waals surface area contributed by atoms with E-state index in [1.54, 1.807) is 0 Å². The molecule has 2 amide bonds. The number of carbonyl (C=O) groups is 2. The third-order valence-corrected chi connectivity index (χ3v) is 3.71. The number of aryl methyl sites for hydroxylation is 2. The van der Waals surface area contributed by atoms with E-state index in [0.717, 1.165) is 16.7 Å². The van der Waals surface area contributed by atoms with Gasteiger partial charge in [-0.15, -0.1) is 0 Å². The van der Waals surface area contributed by atoms with E-state index in [2.05, 4.69) is 5.32 Å². The molecule has 0 saturated heterocycles. The minimum Gasteiger partial charge on any atom is -0.383 e.